The first-order valence-corrected chi connectivity index (χ1v) is 4.34. The zero-order chi connectivity index (χ0) is 10.4. The summed E-state index contributed by atoms with van der Waals surface area (Å²) in [4.78, 5) is 11.2. The minimum Gasteiger partial charge on any atom is -0.497 e. The Kier molecular flexibility index (Phi) is 3.73. The standard InChI is InChI=1S/C11H13NO2/c1-3-5-11(13)12-9-6-4-7-10(8-9)14-2/h3-8H,1-2H3,(H,12,13). The first kappa shape index (κ1) is 10.3. The highest BCUT2D eigenvalue weighted by molar-refractivity contribution is 5.99. The van der Waals surface area contributed by atoms with E-state index in [9.17, 15) is 4.79 Å². The number of ether oxygens (including phenoxy) is 1. The van der Waals surface area contributed by atoms with Crippen LogP contribution in [0.15, 0.2) is 36.4 Å². The van der Waals surface area contributed by atoms with Crippen LogP contribution in [-0.2, 0) is 4.79 Å². The maximum Gasteiger partial charge on any atom is 0.248 e. The lowest BCUT2D eigenvalue weighted by atomic mass is 10.3. The van der Waals surface area contributed by atoms with Crippen molar-refractivity contribution < 1.29 is 9.53 Å². The number of anilines is 1. The number of nitrogens with one attached hydrogen (secondary N) is 1. The summed E-state index contributed by atoms with van der Waals surface area (Å²) in [5.41, 5.74) is 0.729. The number of hydrogen-bond acceptors (Lipinski definition) is 2. The molecule has 0 heterocycles. The smallest absolute Gasteiger partial charge is 0.248 e. The number of benzene rings is 1. The van der Waals surface area contributed by atoms with E-state index in [0.717, 1.165) is 11.4 Å². The summed E-state index contributed by atoms with van der Waals surface area (Å²) in [6.07, 6.45) is 3.16. The van der Waals surface area contributed by atoms with Gasteiger partial charge < -0.3 is 10.1 Å². The van der Waals surface area contributed by atoms with E-state index in [1.807, 2.05) is 18.2 Å². The molecule has 74 valence electrons. The summed E-state index contributed by atoms with van der Waals surface area (Å²) in [7, 11) is 1.59. The highest BCUT2D eigenvalue weighted by Crippen LogP contribution is 2.16. The number of amides is 1. The van der Waals surface area contributed by atoms with Crippen LogP contribution in [-0.4, -0.2) is 13.0 Å². The molecule has 0 atom stereocenters. The zero-order valence-electron chi connectivity index (χ0n) is 8.28. The molecule has 3 nitrogen and oxygen atoms in total. The molecular formula is C11H13NO2. The lowest BCUT2D eigenvalue weighted by Gasteiger charge is -2.04. The van der Waals surface area contributed by atoms with Gasteiger partial charge in [-0.2, -0.15) is 0 Å². The molecule has 1 aromatic carbocycles. The molecule has 1 rings (SSSR count). The molecule has 1 aromatic rings. The van der Waals surface area contributed by atoms with Crippen molar-refractivity contribution in [3.05, 3.63) is 36.4 Å². The molecule has 0 radical (unpaired) electrons. The lowest BCUT2D eigenvalue weighted by Crippen LogP contribution is -2.07. The third-order valence-corrected chi connectivity index (χ3v) is 1.66. The molecule has 0 aliphatic rings. The van der Waals surface area contributed by atoms with E-state index in [2.05, 4.69) is 5.32 Å². The fourth-order valence-corrected chi connectivity index (χ4v) is 1.04. The van der Waals surface area contributed by atoms with Gasteiger partial charge in [0, 0.05) is 11.8 Å². The topological polar surface area (TPSA) is 38.3 Å². The highest BCUT2D eigenvalue weighted by atomic mass is 16.5. The fraction of sp³-hybridized carbons (Fsp3) is 0.182. The first-order chi connectivity index (χ1) is 6.76. The van der Waals surface area contributed by atoms with Crippen molar-refractivity contribution in [3.63, 3.8) is 0 Å². The average molecular weight is 191 g/mol. The predicted octanol–water partition coefficient (Wildman–Crippen LogP) is 2.21. The van der Waals surface area contributed by atoms with Crippen LogP contribution in [0, 0.1) is 0 Å². The number of methoxy groups -OCH3 is 1. The number of hydrogen-bond donors (Lipinski definition) is 1. The number of allylic oxidation sites excluding steroid dienone is 1. The summed E-state index contributed by atoms with van der Waals surface area (Å²) in [5.74, 6) is 0.587. The van der Waals surface area contributed by atoms with Crippen molar-refractivity contribution in [2.45, 2.75) is 6.92 Å². The van der Waals surface area contributed by atoms with Gasteiger partial charge in [0.15, 0.2) is 0 Å². The Labute approximate surface area is 83.4 Å². The summed E-state index contributed by atoms with van der Waals surface area (Å²) < 4.78 is 5.03. The van der Waals surface area contributed by atoms with Crippen LogP contribution < -0.4 is 10.1 Å². The van der Waals surface area contributed by atoms with E-state index >= 15 is 0 Å². The van der Waals surface area contributed by atoms with Crippen LogP contribution in [0.4, 0.5) is 5.69 Å². The molecule has 1 N–H and O–H groups in total. The van der Waals surface area contributed by atoms with Gasteiger partial charge in [-0.15, -0.1) is 0 Å². The van der Waals surface area contributed by atoms with E-state index in [4.69, 9.17) is 4.74 Å². The molecule has 0 aliphatic carbocycles. The predicted molar refractivity (Wildman–Crippen MR) is 56.4 cm³/mol. The van der Waals surface area contributed by atoms with Crippen molar-refractivity contribution in [1.82, 2.24) is 0 Å². The summed E-state index contributed by atoms with van der Waals surface area (Å²) >= 11 is 0. The Morgan fingerprint density at radius 3 is 2.93 bits per heavy atom. The fourth-order valence-electron chi connectivity index (χ4n) is 1.04. The normalized spacial score (nSPS) is 10.1. The zero-order valence-corrected chi connectivity index (χ0v) is 8.28. The molecule has 0 aromatic heterocycles. The molecule has 0 saturated heterocycles. The molecule has 1 amide bonds. The van der Waals surface area contributed by atoms with Crippen LogP contribution in [0.2, 0.25) is 0 Å². The number of rotatable bonds is 3. The minimum atomic E-state index is -0.138. The second-order valence-electron chi connectivity index (χ2n) is 2.72. The second-order valence-corrected chi connectivity index (χ2v) is 2.72. The summed E-state index contributed by atoms with van der Waals surface area (Å²) in [5, 5.41) is 2.71. The van der Waals surface area contributed by atoms with Crippen LogP contribution in [0.1, 0.15) is 6.92 Å². The maximum absolute atomic E-state index is 11.2. The van der Waals surface area contributed by atoms with Crippen molar-refractivity contribution >= 4 is 11.6 Å². The van der Waals surface area contributed by atoms with Crippen LogP contribution in [0.3, 0.4) is 0 Å². The van der Waals surface area contributed by atoms with Gasteiger partial charge in [-0.3, -0.25) is 4.79 Å². The molecule has 0 fully saturated rings. The number of carbonyl (C=O) groups excluding carboxylic acids is 1. The van der Waals surface area contributed by atoms with E-state index < -0.39 is 0 Å². The van der Waals surface area contributed by atoms with Crippen molar-refractivity contribution in [2.75, 3.05) is 12.4 Å². The summed E-state index contributed by atoms with van der Waals surface area (Å²) in [6, 6.07) is 7.22. The molecular weight excluding hydrogens is 178 g/mol. The van der Waals surface area contributed by atoms with Gasteiger partial charge in [0.05, 0.1) is 7.11 Å². The average Bonchev–Trinajstić information content (AvgIpc) is 2.18. The Morgan fingerprint density at radius 1 is 1.50 bits per heavy atom. The first-order valence-electron chi connectivity index (χ1n) is 4.34. The van der Waals surface area contributed by atoms with Gasteiger partial charge >= 0.3 is 0 Å². The molecule has 0 spiro atoms. The van der Waals surface area contributed by atoms with Gasteiger partial charge in [-0.05, 0) is 25.1 Å². The minimum absolute atomic E-state index is 0.138. The van der Waals surface area contributed by atoms with Crippen LogP contribution in [0.5, 0.6) is 5.75 Å². The van der Waals surface area contributed by atoms with Crippen molar-refractivity contribution in [2.24, 2.45) is 0 Å². The largest absolute Gasteiger partial charge is 0.497 e. The van der Waals surface area contributed by atoms with Crippen LogP contribution in [0.25, 0.3) is 0 Å². The van der Waals surface area contributed by atoms with Crippen molar-refractivity contribution in [3.8, 4) is 5.75 Å². The van der Waals surface area contributed by atoms with Gasteiger partial charge in [-0.1, -0.05) is 12.1 Å². The molecule has 0 unspecified atom stereocenters. The third-order valence-electron chi connectivity index (χ3n) is 1.66. The molecule has 0 saturated carbocycles. The van der Waals surface area contributed by atoms with E-state index in [1.54, 1.807) is 26.2 Å². The maximum atomic E-state index is 11.2. The molecule has 14 heavy (non-hydrogen) atoms. The van der Waals surface area contributed by atoms with Crippen molar-refractivity contribution in [1.29, 1.82) is 0 Å². The quantitative estimate of drug-likeness (QED) is 0.744. The third kappa shape index (κ3) is 2.94. The van der Waals surface area contributed by atoms with E-state index in [-0.39, 0.29) is 5.91 Å². The van der Waals surface area contributed by atoms with Gasteiger partial charge in [0.25, 0.3) is 0 Å². The van der Waals surface area contributed by atoms with Gasteiger partial charge in [0.2, 0.25) is 5.91 Å². The second kappa shape index (κ2) is 5.07. The van der Waals surface area contributed by atoms with Crippen LogP contribution >= 0.6 is 0 Å². The Morgan fingerprint density at radius 2 is 2.29 bits per heavy atom. The highest BCUT2D eigenvalue weighted by Gasteiger charge is 1.98. The Bertz CT molecular complexity index is 345. The number of carbonyl (C=O) groups is 1. The lowest BCUT2D eigenvalue weighted by molar-refractivity contribution is -0.111. The van der Waals surface area contributed by atoms with E-state index in [1.165, 1.54) is 6.08 Å². The molecule has 0 aliphatic heterocycles. The van der Waals surface area contributed by atoms with Gasteiger partial charge in [-0.25, -0.2) is 0 Å². The SMILES string of the molecule is CC=CC(=O)Nc1cccc(OC)c1. The monoisotopic (exact) mass is 191 g/mol. The molecule has 0 bridgehead atoms. The summed E-state index contributed by atoms with van der Waals surface area (Å²) in [6.45, 7) is 1.80. The Balaban J connectivity index is 2.71. The van der Waals surface area contributed by atoms with E-state index in [0.29, 0.717) is 0 Å². The molecule has 3 heteroatoms. The Hall–Kier alpha value is -1.77. The van der Waals surface area contributed by atoms with Gasteiger partial charge in [0.1, 0.15) is 5.75 Å².